The average Bonchev–Trinajstić information content (AvgIpc) is 3.58. The second-order valence-corrected chi connectivity index (χ2v) is 7.90. The summed E-state index contributed by atoms with van der Waals surface area (Å²) in [4.78, 5) is 18.2. The first-order valence-corrected chi connectivity index (χ1v) is 10.5. The summed E-state index contributed by atoms with van der Waals surface area (Å²) >= 11 is 0. The summed E-state index contributed by atoms with van der Waals surface area (Å²) < 4.78 is 1.85. The van der Waals surface area contributed by atoms with Gasteiger partial charge in [0.05, 0.1) is 22.3 Å². The summed E-state index contributed by atoms with van der Waals surface area (Å²) in [6.07, 6.45) is 3.22. The number of para-hydroxylation sites is 1. The molecule has 1 saturated carbocycles. The Morgan fingerprint density at radius 2 is 1.83 bits per heavy atom. The number of fused-ring (bicyclic) bond motifs is 1. The maximum absolute atomic E-state index is 13.3. The third-order valence-electron chi connectivity index (χ3n) is 5.69. The first-order chi connectivity index (χ1) is 14.6. The summed E-state index contributed by atoms with van der Waals surface area (Å²) in [6.45, 7) is 4.06. The number of carbonyl (C=O) groups excluding carboxylic acids is 1. The van der Waals surface area contributed by atoms with E-state index in [0.29, 0.717) is 11.5 Å². The number of carbonyl (C=O) groups is 1. The minimum Gasteiger partial charge on any atom is -0.322 e. The maximum Gasteiger partial charge on any atom is 0.256 e. The summed E-state index contributed by atoms with van der Waals surface area (Å²) in [5.41, 5.74) is 6.15. The molecule has 1 fully saturated rings. The third kappa shape index (κ3) is 3.36. The van der Waals surface area contributed by atoms with Crippen LogP contribution in [-0.2, 0) is 6.42 Å². The molecule has 0 aliphatic heterocycles. The van der Waals surface area contributed by atoms with Crippen molar-refractivity contribution in [3.05, 3.63) is 83.2 Å². The molecule has 30 heavy (non-hydrogen) atoms. The van der Waals surface area contributed by atoms with E-state index in [1.54, 1.807) is 0 Å². The number of anilines is 1. The lowest BCUT2D eigenvalue weighted by Crippen LogP contribution is -2.13. The second-order valence-electron chi connectivity index (χ2n) is 7.90. The van der Waals surface area contributed by atoms with Gasteiger partial charge in [-0.2, -0.15) is 5.10 Å². The van der Waals surface area contributed by atoms with E-state index in [0.717, 1.165) is 53.1 Å². The molecule has 4 aromatic rings. The van der Waals surface area contributed by atoms with Gasteiger partial charge < -0.3 is 5.32 Å². The SMILES string of the molecule is CCc1ccc(NC(=O)c2cc(C3CC3)nc3c2c(C)nn3-c2ccccc2)cc1. The summed E-state index contributed by atoms with van der Waals surface area (Å²) in [7, 11) is 0. The van der Waals surface area contributed by atoms with Crippen LogP contribution in [0.4, 0.5) is 5.69 Å². The topological polar surface area (TPSA) is 59.8 Å². The Labute approximate surface area is 175 Å². The van der Waals surface area contributed by atoms with Gasteiger partial charge in [-0.3, -0.25) is 4.79 Å². The molecule has 150 valence electrons. The zero-order chi connectivity index (χ0) is 20.7. The van der Waals surface area contributed by atoms with Gasteiger partial charge in [0.2, 0.25) is 0 Å². The fourth-order valence-electron chi connectivity index (χ4n) is 3.85. The predicted molar refractivity (Wildman–Crippen MR) is 119 cm³/mol. The number of hydrogen-bond acceptors (Lipinski definition) is 3. The van der Waals surface area contributed by atoms with Crippen LogP contribution in [-0.4, -0.2) is 20.7 Å². The number of aromatic nitrogens is 3. The molecule has 1 N–H and O–H groups in total. The van der Waals surface area contributed by atoms with Crippen molar-refractivity contribution in [1.82, 2.24) is 14.8 Å². The van der Waals surface area contributed by atoms with Crippen molar-refractivity contribution in [2.24, 2.45) is 0 Å². The van der Waals surface area contributed by atoms with Crippen molar-refractivity contribution in [2.75, 3.05) is 5.32 Å². The molecule has 1 aliphatic carbocycles. The smallest absolute Gasteiger partial charge is 0.256 e. The van der Waals surface area contributed by atoms with Gasteiger partial charge >= 0.3 is 0 Å². The minimum absolute atomic E-state index is 0.121. The molecule has 0 bridgehead atoms. The number of nitrogens with one attached hydrogen (secondary N) is 1. The van der Waals surface area contributed by atoms with Crippen LogP contribution >= 0.6 is 0 Å². The van der Waals surface area contributed by atoms with Gasteiger partial charge in [-0.1, -0.05) is 37.3 Å². The first-order valence-electron chi connectivity index (χ1n) is 10.5. The predicted octanol–water partition coefficient (Wildman–Crippen LogP) is 5.42. The first kappa shape index (κ1) is 18.6. The van der Waals surface area contributed by atoms with E-state index in [4.69, 9.17) is 10.1 Å². The lowest BCUT2D eigenvalue weighted by molar-refractivity contribution is 0.102. The van der Waals surface area contributed by atoms with Crippen molar-refractivity contribution < 1.29 is 4.79 Å². The molecule has 0 spiro atoms. The fourth-order valence-corrected chi connectivity index (χ4v) is 3.85. The number of amides is 1. The van der Waals surface area contributed by atoms with E-state index in [1.807, 2.05) is 72.3 Å². The molecular weight excluding hydrogens is 372 g/mol. The molecule has 5 heteroatoms. The van der Waals surface area contributed by atoms with E-state index < -0.39 is 0 Å². The minimum atomic E-state index is -0.121. The lowest BCUT2D eigenvalue weighted by Gasteiger charge is -2.10. The Bertz CT molecular complexity index is 1220. The Balaban J connectivity index is 1.61. The zero-order valence-electron chi connectivity index (χ0n) is 17.2. The van der Waals surface area contributed by atoms with E-state index in [-0.39, 0.29) is 5.91 Å². The van der Waals surface area contributed by atoms with Crippen LogP contribution in [0.25, 0.3) is 16.7 Å². The molecule has 2 aromatic carbocycles. The highest BCUT2D eigenvalue weighted by molar-refractivity contribution is 6.12. The molecule has 2 heterocycles. The van der Waals surface area contributed by atoms with E-state index in [1.165, 1.54) is 5.56 Å². The van der Waals surface area contributed by atoms with Crippen molar-refractivity contribution in [1.29, 1.82) is 0 Å². The number of benzene rings is 2. The Kier molecular flexibility index (Phi) is 4.58. The van der Waals surface area contributed by atoms with Crippen LogP contribution < -0.4 is 5.32 Å². The number of pyridine rings is 1. The highest BCUT2D eigenvalue weighted by atomic mass is 16.1. The third-order valence-corrected chi connectivity index (χ3v) is 5.69. The molecular formula is C25H24N4O. The molecule has 1 amide bonds. The van der Waals surface area contributed by atoms with Crippen molar-refractivity contribution in [3.8, 4) is 5.69 Å². The van der Waals surface area contributed by atoms with E-state index >= 15 is 0 Å². The Hall–Kier alpha value is -3.47. The quantitative estimate of drug-likeness (QED) is 0.490. The second kappa shape index (κ2) is 7.41. The summed E-state index contributed by atoms with van der Waals surface area (Å²) in [5.74, 6) is 0.313. The van der Waals surface area contributed by atoms with E-state index in [9.17, 15) is 4.79 Å². The maximum atomic E-state index is 13.3. The largest absolute Gasteiger partial charge is 0.322 e. The Morgan fingerprint density at radius 3 is 2.50 bits per heavy atom. The number of aryl methyl sites for hydroxylation is 2. The summed E-state index contributed by atoms with van der Waals surface area (Å²) in [5, 5.41) is 8.60. The van der Waals surface area contributed by atoms with Crippen LogP contribution in [0, 0.1) is 6.92 Å². The molecule has 0 unspecified atom stereocenters. The van der Waals surface area contributed by atoms with Crippen LogP contribution in [0.5, 0.6) is 0 Å². The molecule has 5 rings (SSSR count). The monoisotopic (exact) mass is 396 g/mol. The van der Waals surface area contributed by atoms with Crippen molar-refractivity contribution in [3.63, 3.8) is 0 Å². The highest BCUT2D eigenvalue weighted by Crippen LogP contribution is 2.40. The van der Waals surface area contributed by atoms with Gasteiger partial charge in [0.1, 0.15) is 0 Å². The van der Waals surface area contributed by atoms with Crippen molar-refractivity contribution >= 4 is 22.6 Å². The fraction of sp³-hybridized carbons (Fsp3) is 0.240. The molecule has 5 nitrogen and oxygen atoms in total. The van der Waals surface area contributed by atoms with Crippen LogP contribution in [0.15, 0.2) is 60.7 Å². The van der Waals surface area contributed by atoms with E-state index in [2.05, 4.69) is 12.2 Å². The molecule has 0 saturated heterocycles. The highest BCUT2D eigenvalue weighted by Gasteiger charge is 2.29. The van der Waals surface area contributed by atoms with Crippen LogP contribution in [0.3, 0.4) is 0 Å². The van der Waals surface area contributed by atoms with Crippen LogP contribution in [0.2, 0.25) is 0 Å². The van der Waals surface area contributed by atoms with Gasteiger partial charge in [-0.25, -0.2) is 9.67 Å². The zero-order valence-corrected chi connectivity index (χ0v) is 17.2. The standard InChI is InChI=1S/C25H24N4O/c1-3-17-9-13-19(14-10-17)26-25(30)21-15-22(18-11-12-18)27-24-23(21)16(2)28-29(24)20-7-5-4-6-8-20/h4-10,13-15,18H,3,11-12H2,1-2H3,(H,26,30). The molecule has 0 radical (unpaired) electrons. The summed E-state index contributed by atoms with van der Waals surface area (Å²) in [6, 6.07) is 19.9. The Morgan fingerprint density at radius 1 is 1.10 bits per heavy atom. The molecule has 2 aromatic heterocycles. The number of nitrogens with zero attached hydrogens (tertiary/aromatic N) is 3. The molecule has 1 aliphatic rings. The normalized spacial score (nSPS) is 13.5. The lowest BCUT2D eigenvalue weighted by atomic mass is 10.1. The van der Waals surface area contributed by atoms with Gasteiger partial charge in [0.25, 0.3) is 5.91 Å². The molecule has 0 atom stereocenters. The van der Waals surface area contributed by atoms with Gasteiger partial charge in [0.15, 0.2) is 5.65 Å². The van der Waals surface area contributed by atoms with Gasteiger partial charge in [0, 0.05) is 17.3 Å². The number of hydrogen-bond donors (Lipinski definition) is 1. The van der Waals surface area contributed by atoms with Gasteiger partial charge in [-0.15, -0.1) is 0 Å². The van der Waals surface area contributed by atoms with Crippen LogP contribution in [0.1, 0.15) is 53.0 Å². The van der Waals surface area contributed by atoms with Crippen molar-refractivity contribution in [2.45, 2.75) is 39.0 Å². The van der Waals surface area contributed by atoms with Gasteiger partial charge in [-0.05, 0) is 62.1 Å². The number of rotatable bonds is 5. The average molecular weight is 396 g/mol.